The maximum Gasteiger partial charge on any atom is 0.132 e. The van der Waals surface area contributed by atoms with E-state index in [-0.39, 0.29) is 6.04 Å². The Bertz CT molecular complexity index is 760. The number of rotatable bonds is 4. The third-order valence-electron chi connectivity index (χ3n) is 3.87. The predicted molar refractivity (Wildman–Crippen MR) is 85.3 cm³/mol. The molecule has 21 heavy (non-hydrogen) atoms. The van der Waals surface area contributed by atoms with E-state index >= 15 is 0 Å². The first-order chi connectivity index (χ1) is 10.2. The minimum Gasteiger partial charge on any atom is -0.334 e. The Morgan fingerprint density at radius 1 is 1.29 bits per heavy atom. The van der Waals surface area contributed by atoms with Crippen LogP contribution in [0, 0.1) is 6.92 Å². The summed E-state index contributed by atoms with van der Waals surface area (Å²) >= 11 is 0. The highest BCUT2D eigenvalue weighted by Gasteiger charge is 2.19. The highest BCUT2D eigenvalue weighted by molar-refractivity contribution is 5.82. The highest BCUT2D eigenvalue weighted by atomic mass is 15.1. The van der Waals surface area contributed by atoms with Gasteiger partial charge in [-0.3, -0.25) is 4.98 Å². The Kier molecular flexibility index (Phi) is 3.71. The summed E-state index contributed by atoms with van der Waals surface area (Å²) in [6, 6.07) is 10.4. The van der Waals surface area contributed by atoms with E-state index < -0.39 is 0 Å². The molecule has 0 saturated carbocycles. The van der Waals surface area contributed by atoms with E-state index in [4.69, 9.17) is 4.98 Å². The van der Waals surface area contributed by atoms with Gasteiger partial charge >= 0.3 is 0 Å². The molecule has 0 saturated heterocycles. The van der Waals surface area contributed by atoms with Crippen molar-refractivity contribution in [2.24, 2.45) is 0 Å². The summed E-state index contributed by atoms with van der Waals surface area (Å²) in [6.07, 6.45) is 3.85. The zero-order valence-electron chi connectivity index (χ0n) is 12.7. The van der Waals surface area contributed by atoms with Crippen LogP contribution in [0.25, 0.3) is 10.9 Å². The molecular weight excluding hydrogens is 260 g/mol. The average molecular weight is 280 g/mol. The van der Waals surface area contributed by atoms with Crippen LogP contribution < -0.4 is 5.32 Å². The molecule has 0 bridgehead atoms. The van der Waals surface area contributed by atoms with E-state index in [0.29, 0.717) is 0 Å². The van der Waals surface area contributed by atoms with Crippen LogP contribution in [0.1, 0.15) is 30.0 Å². The molecule has 1 atom stereocenters. The number of hydrogen-bond donors (Lipinski definition) is 1. The van der Waals surface area contributed by atoms with Crippen LogP contribution in [0.3, 0.4) is 0 Å². The number of imidazole rings is 1. The lowest BCUT2D eigenvalue weighted by Gasteiger charge is -2.18. The van der Waals surface area contributed by atoms with Crippen molar-refractivity contribution in [1.29, 1.82) is 0 Å². The molecule has 0 fully saturated rings. The fraction of sp³-hybridized carbons (Fsp3) is 0.294. The molecule has 2 heterocycles. The lowest BCUT2D eigenvalue weighted by atomic mass is 10.1. The maximum atomic E-state index is 4.82. The van der Waals surface area contributed by atoms with Crippen molar-refractivity contribution < 1.29 is 0 Å². The quantitative estimate of drug-likeness (QED) is 0.798. The van der Waals surface area contributed by atoms with Gasteiger partial charge in [0.15, 0.2) is 0 Å². The molecule has 3 aromatic rings. The van der Waals surface area contributed by atoms with Crippen molar-refractivity contribution in [3.8, 4) is 0 Å². The molecule has 4 nitrogen and oxygen atoms in total. The van der Waals surface area contributed by atoms with Crippen molar-refractivity contribution in [3.63, 3.8) is 0 Å². The number of para-hydroxylation sites is 1. The molecule has 108 valence electrons. The molecule has 3 rings (SSSR count). The van der Waals surface area contributed by atoms with Gasteiger partial charge in [-0.2, -0.15) is 0 Å². The van der Waals surface area contributed by atoms with Crippen molar-refractivity contribution in [1.82, 2.24) is 19.9 Å². The molecule has 0 spiro atoms. The number of aryl methyl sites for hydroxylation is 2. The first kappa shape index (κ1) is 13.8. The van der Waals surface area contributed by atoms with Crippen molar-refractivity contribution in [2.45, 2.75) is 26.4 Å². The van der Waals surface area contributed by atoms with E-state index in [1.165, 1.54) is 10.9 Å². The SMILES string of the molecule is CCn1ccnc1C(NC)c1cc(C)c2ccccc2n1. The Morgan fingerprint density at radius 2 is 2.10 bits per heavy atom. The molecule has 1 aromatic carbocycles. The topological polar surface area (TPSA) is 42.7 Å². The molecule has 1 N–H and O–H groups in total. The number of aromatic nitrogens is 3. The summed E-state index contributed by atoms with van der Waals surface area (Å²) in [7, 11) is 1.95. The average Bonchev–Trinajstić information content (AvgIpc) is 2.96. The second-order valence-corrected chi connectivity index (χ2v) is 5.17. The van der Waals surface area contributed by atoms with E-state index in [9.17, 15) is 0 Å². The van der Waals surface area contributed by atoms with Crippen LogP contribution in [-0.2, 0) is 6.54 Å². The number of nitrogens with one attached hydrogen (secondary N) is 1. The van der Waals surface area contributed by atoms with E-state index in [1.54, 1.807) is 0 Å². The van der Waals surface area contributed by atoms with Gasteiger partial charge in [0, 0.05) is 24.3 Å². The van der Waals surface area contributed by atoms with Gasteiger partial charge in [-0.25, -0.2) is 4.98 Å². The standard InChI is InChI=1S/C17H20N4/c1-4-21-10-9-19-17(21)16(18-3)15-11-12(2)13-7-5-6-8-14(13)20-15/h5-11,16,18H,4H2,1-3H3. The molecule has 1 unspecified atom stereocenters. The second kappa shape index (κ2) is 5.66. The molecule has 0 radical (unpaired) electrons. The van der Waals surface area contributed by atoms with Crippen LogP contribution >= 0.6 is 0 Å². The first-order valence-corrected chi connectivity index (χ1v) is 7.29. The van der Waals surface area contributed by atoms with Crippen LogP contribution in [0.5, 0.6) is 0 Å². The normalized spacial score (nSPS) is 12.7. The van der Waals surface area contributed by atoms with Gasteiger partial charge in [-0.05, 0) is 38.6 Å². The van der Waals surface area contributed by atoms with Gasteiger partial charge < -0.3 is 9.88 Å². The Labute approximate surface area is 124 Å². The molecule has 0 aliphatic heterocycles. The van der Waals surface area contributed by atoms with Gasteiger partial charge in [0.2, 0.25) is 0 Å². The van der Waals surface area contributed by atoms with Crippen molar-refractivity contribution >= 4 is 10.9 Å². The van der Waals surface area contributed by atoms with Crippen LogP contribution in [0.15, 0.2) is 42.7 Å². The van der Waals surface area contributed by atoms with Gasteiger partial charge in [-0.1, -0.05) is 18.2 Å². The summed E-state index contributed by atoms with van der Waals surface area (Å²) in [5, 5.41) is 4.55. The summed E-state index contributed by atoms with van der Waals surface area (Å²) in [5.74, 6) is 1.00. The molecule has 0 aliphatic rings. The van der Waals surface area contributed by atoms with Crippen LogP contribution in [0.2, 0.25) is 0 Å². The highest BCUT2D eigenvalue weighted by Crippen LogP contribution is 2.24. The summed E-state index contributed by atoms with van der Waals surface area (Å²) < 4.78 is 2.15. The third-order valence-corrected chi connectivity index (χ3v) is 3.87. The second-order valence-electron chi connectivity index (χ2n) is 5.17. The molecular formula is C17H20N4. The fourth-order valence-corrected chi connectivity index (χ4v) is 2.78. The number of pyridine rings is 1. The van der Waals surface area contributed by atoms with Gasteiger partial charge in [-0.15, -0.1) is 0 Å². The largest absolute Gasteiger partial charge is 0.334 e. The smallest absolute Gasteiger partial charge is 0.132 e. The van der Waals surface area contributed by atoms with Crippen molar-refractivity contribution in [2.75, 3.05) is 7.05 Å². The fourth-order valence-electron chi connectivity index (χ4n) is 2.78. The Balaban J connectivity index is 2.13. The molecule has 4 heteroatoms. The first-order valence-electron chi connectivity index (χ1n) is 7.29. The number of benzene rings is 1. The van der Waals surface area contributed by atoms with Gasteiger partial charge in [0.1, 0.15) is 11.9 Å². The lowest BCUT2D eigenvalue weighted by Crippen LogP contribution is -2.23. The van der Waals surface area contributed by atoms with Gasteiger partial charge in [0.05, 0.1) is 11.2 Å². The van der Waals surface area contributed by atoms with E-state index in [0.717, 1.165) is 23.6 Å². The Morgan fingerprint density at radius 3 is 2.86 bits per heavy atom. The maximum absolute atomic E-state index is 4.82. The Hall–Kier alpha value is -2.20. The number of hydrogen-bond acceptors (Lipinski definition) is 3. The minimum absolute atomic E-state index is 0.00301. The molecule has 2 aromatic heterocycles. The van der Waals surface area contributed by atoms with Crippen molar-refractivity contribution in [3.05, 3.63) is 59.8 Å². The van der Waals surface area contributed by atoms with Crippen LogP contribution in [0.4, 0.5) is 0 Å². The summed E-state index contributed by atoms with van der Waals surface area (Å²) in [5.41, 5.74) is 3.28. The molecule has 0 aliphatic carbocycles. The number of nitrogens with zero attached hydrogens (tertiary/aromatic N) is 3. The lowest BCUT2D eigenvalue weighted by molar-refractivity contribution is 0.580. The molecule has 0 amide bonds. The predicted octanol–water partition coefficient (Wildman–Crippen LogP) is 3.07. The third kappa shape index (κ3) is 2.43. The zero-order valence-corrected chi connectivity index (χ0v) is 12.7. The van der Waals surface area contributed by atoms with Gasteiger partial charge in [0.25, 0.3) is 0 Å². The summed E-state index contributed by atoms with van der Waals surface area (Å²) in [4.78, 5) is 9.33. The number of fused-ring (bicyclic) bond motifs is 1. The minimum atomic E-state index is 0.00301. The zero-order chi connectivity index (χ0) is 14.8. The van der Waals surface area contributed by atoms with E-state index in [2.05, 4.69) is 53.0 Å². The monoisotopic (exact) mass is 280 g/mol. The summed E-state index contributed by atoms with van der Waals surface area (Å²) in [6.45, 7) is 5.16. The van der Waals surface area contributed by atoms with Crippen LogP contribution in [-0.4, -0.2) is 21.6 Å². The van der Waals surface area contributed by atoms with E-state index in [1.807, 2.05) is 25.5 Å².